The molecule has 0 aliphatic carbocycles. The SMILES string of the molecule is CC[N@+]1(Cc2cc(-c3ccc(O)cc3F)nc3[nH]nc(C)c23)CCN[C@@H](c2ccccc2)C1. The molecule has 6 nitrogen and oxygen atoms in total. The van der Waals surface area contributed by atoms with Gasteiger partial charge >= 0.3 is 0 Å². The molecule has 4 aromatic rings. The fourth-order valence-corrected chi connectivity index (χ4v) is 5.08. The molecule has 2 atom stereocenters. The van der Waals surface area contributed by atoms with E-state index in [4.69, 9.17) is 0 Å². The van der Waals surface area contributed by atoms with Crippen molar-refractivity contribution < 1.29 is 14.0 Å². The Morgan fingerprint density at radius 2 is 1.97 bits per heavy atom. The minimum Gasteiger partial charge on any atom is -0.508 e. The van der Waals surface area contributed by atoms with Gasteiger partial charge < -0.3 is 9.59 Å². The standard InChI is InChI=1S/C26H28FN5O/c1-3-32(12-11-28-24(16-32)18-7-5-4-6-8-18)15-19-13-23(21-10-9-20(33)14-22(21)27)29-26-25(19)17(2)30-31-26/h4-10,13-14,24,28H,3,11-12,15-16H2,1-2H3,(H-,29,30,31,33)/p+1/t24-,32-/m1/s1. The number of nitrogens with zero attached hydrogens (tertiary/aromatic N) is 3. The Labute approximate surface area is 192 Å². The lowest BCUT2D eigenvalue weighted by Gasteiger charge is -2.44. The van der Waals surface area contributed by atoms with Gasteiger partial charge in [0.1, 0.15) is 18.1 Å². The number of aromatic hydroxyl groups is 1. The number of quaternary nitrogens is 1. The van der Waals surface area contributed by atoms with Crippen LogP contribution in [0.25, 0.3) is 22.3 Å². The van der Waals surface area contributed by atoms with Crippen LogP contribution >= 0.6 is 0 Å². The molecule has 3 N–H and O–H groups in total. The highest BCUT2D eigenvalue weighted by Crippen LogP contribution is 2.32. The predicted molar refractivity (Wildman–Crippen MR) is 127 cm³/mol. The summed E-state index contributed by atoms with van der Waals surface area (Å²) in [6.45, 7) is 8.96. The van der Waals surface area contributed by atoms with Gasteiger partial charge in [0.2, 0.25) is 0 Å². The van der Waals surface area contributed by atoms with E-state index in [9.17, 15) is 9.50 Å². The highest BCUT2D eigenvalue weighted by atomic mass is 19.1. The summed E-state index contributed by atoms with van der Waals surface area (Å²) < 4.78 is 15.6. The number of pyridine rings is 1. The smallest absolute Gasteiger partial charge is 0.156 e. The number of hydrogen-bond acceptors (Lipinski definition) is 4. The molecule has 0 unspecified atom stereocenters. The van der Waals surface area contributed by atoms with Crippen LogP contribution in [0.2, 0.25) is 0 Å². The van der Waals surface area contributed by atoms with Crippen LogP contribution in [0, 0.1) is 12.7 Å². The average molecular weight is 447 g/mol. The predicted octanol–water partition coefficient (Wildman–Crippen LogP) is 4.46. The lowest BCUT2D eigenvalue weighted by atomic mass is 9.99. The summed E-state index contributed by atoms with van der Waals surface area (Å²) in [5.74, 6) is -0.590. The highest BCUT2D eigenvalue weighted by Gasteiger charge is 2.35. The number of phenols is 1. The summed E-state index contributed by atoms with van der Waals surface area (Å²) in [5, 5.41) is 21.7. The molecule has 33 heavy (non-hydrogen) atoms. The molecule has 5 rings (SSSR count). The zero-order valence-corrected chi connectivity index (χ0v) is 19.0. The van der Waals surface area contributed by atoms with Crippen molar-refractivity contribution in [1.29, 1.82) is 0 Å². The Bertz CT molecular complexity index is 1290. The van der Waals surface area contributed by atoms with E-state index in [-0.39, 0.29) is 11.8 Å². The number of H-pyrrole nitrogens is 1. The molecule has 2 aromatic heterocycles. The molecule has 0 radical (unpaired) electrons. The van der Waals surface area contributed by atoms with Crippen LogP contribution in [0.3, 0.4) is 0 Å². The number of likely N-dealkylation sites (N-methyl/N-ethyl adjacent to an activating group) is 1. The average Bonchev–Trinajstić information content (AvgIpc) is 3.20. The number of phenolic OH excluding ortho intramolecular Hbond substituents is 1. The molecule has 1 aliphatic rings. The van der Waals surface area contributed by atoms with Crippen molar-refractivity contribution >= 4 is 11.0 Å². The zero-order valence-electron chi connectivity index (χ0n) is 19.0. The lowest BCUT2D eigenvalue weighted by Crippen LogP contribution is -2.58. The first kappa shape index (κ1) is 21.6. The Kier molecular flexibility index (Phi) is 5.60. The van der Waals surface area contributed by atoms with Crippen molar-refractivity contribution in [3.05, 3.63) is 77.2 Å². The second-order valence-corrected chi connectivity index (χ2v) is 9.00. The second-order valence-electron chi connectivity index (χ2n) is 9.00. The number of aromatic nitrogens is 3. The van der Waals surface area contributed by atoms with E-state index < -0.39 is 5.82 Å². The summed E-state index contributed by atoms with van der Waals surface area (Å²) in [6, 6.07) is 17.1. The van der Waals surface area contributed by atoms with Gasteiger partial charge in [0, 0.05) is 23.7 Å². The number of rotatable bonds is 5. The van der Waals surface area contributed by atoms with Crippen molar-refractivity contribution in [1.82, 2.24) is 20.5 Å². The van der Waals surface area contributed by atoms with Crippen LogP contribution < -0.4 is 5.32 Å². The number of aromatic amines is 1. The van der Waals surface area contributed by atoms with Crippen molar-refractivity contribution in [2.45, 2.75) is 26.4 Å². The van der Waals surface area contributed by atoms with Crippen LogP contribution in [0.4, 0.5) is 4.39 Å². The Hall–Kier alpha value is -3.29. The highest BCUT2D eigenvalue weighted by molar-refractivity contribution is 5.84. The number of halogens is 1. The van der Waals surface area contributed by atoms with Crippen molar-refractivity contribution in [3.63, 3.8) is 0 Å². The largest absolute Gasteiger partial charge is 0.508 e. The maximum absolute atomic E-state index is 14.7. The van der Waals surface area contributed by atoms with E-state index in [1.54, 1.807) is 6.07 Å². The van der Waals surface area contributed by atoms with Gasteiger partial charge in [0.15, 0.2) is 5.65 Å². The molecule has 1 saturated heterocycles. The van der Waals surface area contributed by atoms with Crippen LogP contribution in [0.15, 0.2) is 54.6 Å². The third kappa shape index (κ3) is 4.10. The maximum atomic E-state index is 14.7. The summed E-state index contributed by atoms with van der Waals surface area (Å²) in [5.41, 5.74) is 4.89. The number of piperazine rings is 1. The van der Waals surface area contributed by atoms with E-state index in [1.807, 2.05) is 19.1 Å². The molecule has 170 valence electrons. The van der Waals surface area contributed by atoms with E-state index in [0.717, 1.165) is 59.9 Å². The summed E-state index contributed by atoms with van der Waals surface area (Å²) >= 11 is 0. The van der Waals surface area contributed by atoms with Crippen molar-refractivity contribution in [3.8, 4) is 17.0 Å². The van der Waals surface area contributed by atoms with Crippen LogP contribution in [-0.2, 0) is 6.54 Å². The van der Waals surface area contributed by atoms with Gasteiger partial charge in [0.05, 0.1) is 42.5 Å². The number of aryl methyl sites for hydroxylation is 1. The molecular formula is C26H29FN5O+. The van der Waals surface area contributed by atoms with Crippen LogP contribution in [-0.4, -0.2) is 50.9 Å². The monoisotopic (exact) mass is 446 g/mol. The number of hydrogen-bond donors (Lipinski definition) is 3. The first-order chi connectivity index (χ1) is 16.0. The van der Waals surface area contributed by atoms with Gasteiger partial charge in [-0.25, -0.2) is 9.37 Å². The van der Waals surface area contributed by atoms with E-state index in [1.165, 1.54) is 11.6 Å². The van der Waals surface area contributed by atoms with Gasteiger partial charge in [0.25, 0.3) is 0 Å². The summed E-state index contributed by atoms with van der Waals surface area (Å²) in [4.78, 5) is 4.66. The van der Waals surface area contributed by atoms with Gasteiger partial charge in [-0.15, -0.1) is 0 Å². The molecule has 0 amide bonds. The molecule has 1 aliphatic heterocycles. The Morgan fingerprint density at radius 3 is 2.73 bits per heavy atom. The fourth-order valence-electron chi connectivity index (χ4n) is 5.08. The first-order valence-corrected chi connectivity index (χ1v) is 11.4. The Morgan fingerprint density at radius 1 is 1.15 bits per heavy atom. The van der Waals surface area contributed by atoms with E-state index >= 15 is 0 Å². The number of benzene rings is 2. The van der Waals surface area contributed by atoms with Crippen LogP contribution in [0.1, 0.15) is 29.8 Å². The number of nitrogens with one attached hydrogen (secondary N) is 2. The number of fused-ring (bicyclic) bond motifs is 1. The Balaban J connectivity index is 1.56. The van der Waals surface area contributed by atoms with Gasteiger partial charge in [-0.1, -0.05) is 30.3 Å². The first-order valence-electron chi connectivity index (χ1n) is 11.4. The zero-order chi connectivity index (χ0) is 23.0. The topological polar surface area (TPSA) is 73.8 Å². The van der Waals surface area contributed by atoms with Crippen LogP contribution in [0.5, 0.6) is 5.75 Å². The minimum absolute atomic E-state index is 0.0989. The molecule has 3 heterocycles. The molecular weight excluding hydrogens is 417 g/mol. The summed E-state index contributed by atoms with van der Waals surface area (Å²) in [6.07, 6.45) is 0. The molecule has 2 aromatic carbocycles. The third-order valence-electron chi connectivity index (χ3n) is 6.95. The minimum atomic E-state index is -0.491. The molecule has 1 fully saturated rings. The van der Waals surface area contributed by atoms with Gasteiger partial charge in [-0.2, -0.15) is 5.10 Å². The summed E-state index contributed by atoms with van der Waals surface area (Å²) in [7, 11) is 0. The second kappa shape index (κ2) is 8.57. The van der Waals surface area contributed by atoms with Crippen molar-refractivity contribution in [2.24, 2.45) is 0 Å². The molecule has 0 bridgehead atoms. The quantitative estimate of drug-likeness (QED) is 0.396. The third-order valence-corrected chi connectivity index (χ3v) is 6.95. The van der Waals surface area contributed by atoms with Gasteiger partial charge in [-0.3, -0.25) is 10.4 Å². The molecule has 7 heteroatoms. The normalized spacial score (nSPS) is 20.9. The lowest BCUT2D eigenvalue weighted by molar-refractivity contribution is -0.943. The molecule has 0 saturated carbocycles. The molecule has 0 spiro atoms. The fraction of sp³-hybridized carbons (Fsp3) is 0.308. The maximum Gasteiger partial charge on any atom is 0.156 e. The van der Waals surface area contributed by atoms with E-state index in [0.29, 0.717) is 16.9 Å². The van der Waals surface area contributed by atoms with Gasteiger partial charge in [-0.05, 0) is 37.6 Å². The van der Waals surface area contributed by atoms with E-state index in [2.05, 4.69) is 51.7 Å². The van der Waals surface area contributed by atoms with Crippen molar-refractivity contribution in [2.75, 3.05) is 26.2 Å².